The molecule has 0 aliphatic rings. The fourth-order valence-corrected chi connectivity index (χ4v) is 2.19. The number of rotatable bonds is 6. The molecule has 0 aromatic heterocycles. The molecule has 0 heterocycles. The number of aliphatic hydroxyl groups excluding tert-OH is 2. The van der Waals surface area contributed by atoms with Gasteiger partial charge in [0.15, 0.2) is 0 Å². The van der Waals surface area contributed by atoms with E-state index in [0.29, 0.717) is 6.42 Å². The molecular weight excluding hydrogens is 236 g/mol. The molecule has 2 unspecified atom stereocenters. The lowest BCUT2D eigenvalue weighted by Gasteiger charge is -2.18. The zero-order chi connectivity index (χ0) is 13.5. The summed E-state index contributed by atoms with van der Waals surface area (Å²) in [5, 5.41) is 20.0. The molecule has 0 saturated carbocycles. The van der Waals surface area contributed by atoms with Crippen LogP contribution in [0.25, 0.3) is 0 Å². The Morgan fingerprint density at radius 2 is 1.37 bits per heavy atom. The lowest BCUT2D eigenvalue weighted by Crippen LogP contribution is -2.18. The summed E-state index contributed by atoms with van der Waals surface area (Å²) in [5.74, 6) is 0. The molecule has 0 bridgehead atoms. The van der Waals surface area contributed by atoms with Crippen LogP contribution in [-0.4, -0.2) is 16.3 Å². The topological polar surface area (TPSA) is 40.5 Å². The largest absolute Gasteiger partial charge is 0.390 e. The molecule has 2 N–H and O–H groups in total. The van der Waals surface area contributed by atoms with E-state index >= 15 is 0 Å². The predicted octanol–water partition coefficient (Wildman–Crippen LogP) is 3.10. The third-order valence-electron chi connectivity index (χ3n) is 3.31. The van der Waals surface area contributed by atoms with Gasteiger partial charge in [0, 0.05) is 0 Å². The van der Waals surface area contributed by atoms with Crippen LogP contribution in [-0.2, 0) is 6.42 Å². The van der Waals surface area contributed by atoms with Crippen molar-refractivity contribution in [3.63, 3.8) is 0 Å². The van der Waals surface area contributed by atoms with E-state index in [1.807, 2.05) is 48.5 Å². The fraction of sp³-hybridized carbons (Fsp3) is 0.294. The fourth-order valence-electron chi connectivity index (χ4n) is 2.19. The van der Waals surface area contributed by atoms with Gasteiger partial charge in [-0.05, 0) is 30.4 Å². The Hall–Kier alpha value is -1.64. The van der Waals surface area contributed by atoms with E-state index in [9.17, 15) is 10.2 Å². The summed E-state index contributed by atoms with van der Waals surface area (Å²) < 4.78 is 0. The first-order valence-corrected chi connectivity index (χ1v) is 6.72. The molecule has 100 valence electrons. The molecule has 2 aromatic carbocycles. The summed E-state index contributed by atoms with van der Waals surface area (Å²) in [7, 11) is 0. The number of aliphatic hydroxyl groups is 2. The highest BCUT2D eigenvalue weighted by Gasteiger charge is 2.17. The normalized spacial score (nSPS) is 14.0. The van der Waals surface area contributed by atoms with Crippen molar-refractivity contribution in [1.29, 1.82) is 0 Å². The third-order valence-corrected chi connectivity index (χ3v) is 3.31. The second-order valence-corrected chi connectivity index (χ2v) is 4.80. The second-order valence-electron chi connectivity index (χ2n) is 4.80. The first kappa shape index (κ1) is 13.8. The van der Waals surface area contributed by atoms with Gasteiger partial charge in [-0.25, -0.2) is 0 Å². The third kappa shape index (κ3) is 4.19. The average Bonchev–Trinajstić information content (AvgIpc) is 2.48. The monoisotopic (exact) mass is 256 g/mol. The maximum absolute atomic E-state index is 10.0. The SMILES string of the molecule is OC(CCCc1ccccc1)C(O)c1ccccc1. The molecule has 2 heteroatoms. The van der Waals surface area contributed by atoms with Gasteiger partial charge in [-0.1, -0.05) is 60.7 Å². The number of hydrogen-bond donors (Lipinski definition) is 2. The molecular formula is C17H20O2. The van der Waals surface area contributed by atoms with E-state index in [1.54, 1.807) is 0 Å². The van der Waals surface area contributed by atoms with Gasteiger partial charge in [0.25, 0.3) is 0 Å². The van der Waals surface area contributed by atoms with Gasteiger partial charge in [-0.3, -0.25) is 0 Å². The zero-order valence-corrected chi connectivity index (χ0v) is 10.9. The maximum Gasteiger partial charge on any atom is 0.105 e. The zero-order valence-electron chi connectivity index (χ0n) is 10.9. The molecule has 0 amide bonds. The molecule has 2 rings (SSSR count). The van der Waals surface area contributed by atoms with E-state index in [2.05, 4.69) is 12.1 Å². The summed E-state index contributed by atoms with van der Waals surface area (Å²) in [4.78, 5) is 0. The Labute approximate surface area is 114 Å². The summed E-state index contributed by atoms with van der Waals surface area (Å²) in [6.45, 7) is 0. The minimum atomic E-state index is -0.794. The van der Waals surface area contributed by atoms with Gasteiger partial charge in [-0.2, -0.15) is 0 Å². The summed E-state index contributed by atoms with van der Waals surface area (Å²) in [5.41, 5.74) is 2.04. The Kier molecular flexibility index (Phi) is 5.13. The van der Waals surface area contributed by atoms with Crippen LogP contribution in [0.4, 0.5) is 0 Å². The smallest absolute Gasteiger partial charge is 0.105 e. The minimum Gasteiger partial charge on any atom is -0.390 e. The van der Waals surface area contributed by atoms with Gasteiger partial charge in [-0.15, -0.1) is 0 Å². The second kappa shape index (κ2) is 7.07. The van der Waals surface area contributed by atoms with Crippen LogP contribution >= 0.6 is 0 Å². The minimum absolute atomic E-state index is 0.602. The molecule has 0 radical (unpaired) electrons. The van der Waals surface area contributed by atoms with E-state index < -0.39 is 12.2 Å². The maximum atomic E-state index is 10.0. The highest BCUT2D eigenvalue weighted by molar-refractivity contribution is 5.18. The van der Waals surface area contributed by atoms with Crippen molar-refractivity contribution in [2.75, 3.05) is 0 Å². The lowest BCUT2D eigenvalue weighted by molar-refractivity contribution is 0.0124. The van der Waals surface area contributed by atoms with Gasteiger partial charge in [0.2, 0.25) is 0 Å². The first-order chi connectivity index (χ1) is 9.27. The summed E-state index contributed by atoms with van der Waals surface area (Å²) in [6, 6.07) is 19.5. The van der Waals surface area contributed by atoms with Gasteiger partial charge in [0.1, 0.15) is 6.10 Å². The Morgan fingerprint density at radius 3 is 2.00 bits per heavy atom. The molecule has 0 aliphatic heterocycles. The standard InChI is InChI=1S/C17H20O2/c18-16(17(19)15-11-5-2-6-12-15)13-7-10-14-8-3-1-4-9-14/h1-6,8-9,11-12,16-19H,7,10,13H2. The quantitative estimate of drug-likeness (QED) is 0.833. The van der Waals surface area contributed by atoms with Crippen LogP contribution < -0.4 is 0 Å². The van der Waals surface area contributed by atoms with Crippen molar-refractivity contribution < 1.29 is 10.2 Å². The highest BCUT2D eigenvalue weighted by Crippen LogP contribution is 2.20. The van der Waals surface area contributed by atoms with Crippen LogP contribution in [0.2, 0.25) is 0 Å². The van der Waals surface area contributed by atoms with Crippen molar-refractivity contribution in [3.05, 3.63) is 71.8 Å². The summed E-state index contributed by atoms with van der Waals surface area (Å²) in [6.07, 6.45) is 0.905. The summed E-state index contributed by atoms with van der Waals surface area (Å²) >= 11 is 0. The van der Waals surface area contributed by atoms with Crippen molar-refractivity contribution in [2.24, 2.45) is 0 Å². The van der Waals surface area contributed by atoms with Crippen molar-refractivity contribution in [1.82, 2.24) is 0 Å². The van der Waals surface area contributed by atoms with E-state index in [-0.39, 0.29) is 0 Å². The number of aryl methyl sites for hydroxylation is 1. The average molecular weight is 256 g/mol. The Morgan fingerprint density at radius 1 is 0.789 bits per heavy atom. The first-order valence-electron chi connectivity index (χ1n) is 6.72. The number of benzene rings is 2. The predicted molar refractivity (Wildman–Crippen MR) is 76.8 cm³/mol. The van der Waals surface area contributed by atoms with Gasteiger partial charge in [0.05, 0.1) is 6.10 Å². The molecule has 0 aliphatic carbocycles. The Bertz CT molecular complexity index is 467. The van der Waals surface area contributed by atoms with Crippen LogP contribution in [0.5, 0.6) is 0 Å². The van der Waals surface area contributed by atoms with Crippen LogP contribution in [0, 0.1) is 0 Å². The molecule has 2 nitrogen and oxygen atoms in total. The molecule has 19 heavy (non-hydrogen) atoms. The van der Waals surface area contributed by atoms with Crippen molar-refractivity contribution >= 4 is 0 Å². The Balaban J connectivity index is 1.80. The molecule has 2 aromatic rings. The molecule has 2 atom stereocenters. The van der Waals surface area contributed by atoms with Crippen molar-refractivity contribution in [2.45, 2.75) is 31.5 Å². The van der Waals surface area contributed by atoms with E-state index in [4.69, 9.17) is 0 Å². The van der Waals surface area contributed by atoms with E-state index in [0.717, 1.165) is 18.4 Å². The van der Waals surface area contributed by atoms with Gasteiger partial charge >= 0.3 is 0 Å². The van der Waals surface area contributed by atoms with Gasteiger partial charge < -0.3 is 10.2 Å². The molecule has 0 saturated heterocycles. The lowest BCUT2D eigenvalue weighted by atomic mass is 9.99. The van der Waals surface area contributed by atoms with Crippen LogP contribution in [0.1, 0.15) is 30.1 Å². The molecule has 0 fully saturated rings. The van der Waals surface area contributed by atoms with Crippen LogP contribution in [0.3, 0.4) is 0 Å². The number of hydrogen-bond acceptors (Lipinski definition) is 2. The highest BCUT2D eigenvalue weighted by atomic mass is 16.3. The molecule has 0 spiro atoms. The van der Waals surface area contributed by atoms with E-state index in [1.165, 1.54) is 5.56 Å². The van der Waals surface area contributed by atoms with Crippen molar-refractivity contribution in [3.8, 4) is 0 Å². The van der Waals surface area contributed by atoms with Crippen LogP contribution in [0.15, 0.2) is 60.7 Å².